The molecule has 1 aromatic heterocycles. The van der Waals surface area contributed by atoms with Gasteiger partial charge in [-0.1, -0.05) is 12.2 Å². The van der Waals surface area contributed by atoms with Crippen molar-refractivity contribution in [1.29, 1.82) is 0 Å². The molecule has 4 rings (SSSR count). The van der Waals surface area contributed by atoms with Gasteiger partial charge in [0, 0.05) is 44.5 Å². The highest BCUT2D eigenvalue weighted by Crippen LogP contribution is 2.37. The van der Waals surface area contributed by atoms with Gasteiger partial charge < -0.3 is 9.80 Å². The highest BCUT2D eigenvalue weighted by molar-refractivity contribution is 5.93. The fourth-order valence-corrected chi connectivity index (χ4v) is 3.93. The molecular formula is C20H28N4O. The predicted molar refractivity (Wildman–Crippen MR) is 97.4 cm³/mol. The number of hydrogen-bond acceptors (Lipinski definition) is 4. The molecule has 1 amide bonds. The predicted octanol–water partition coefficient (Wildman–Crippen LogP) is 2.86. The molecule has 0 bridgehead atoms. The molecule has 25 heavy (non-hydrogen) atoms. The summed E-state index contributed by atoms with van der Waals surface area (Å²) in [6, 6.07) is 0. The van der Waals surface area contributed by atoms with Gasteiger partial charge in [-0.2, -0.15) is 0 Å². The van der Waals surface area contributed by atoms with Gasteiger partial charge in [-0.15, -0.1) is 0 Å². The zero-order valence-electron chi connectivity index (χ0n) is 14.9. The van der Waals surface area contributed by atoms with E-state index in [1.54, 1.807) is 12.4 Å². The van der Waals surface area contributed by atoms with E-state index >= 15 is 0 Å². The molecule has 1 saturated heterocycles. The summed E-state index contributed by atoms with van der Waals surface area (Å²) in [7, 11) is 0. The molecule has 1 saturated carbocycles. The largest absolute Gasteiger partial charge is 0.337 e. The molecular weight excluding hydrogens is 312 g/mol. The van der Waals surface area contributed by atoms with Gasteiger partial charge in [0.2, 0.25) is 0 Å². The third-order valence-corrected chi connectivity index (χ3v) is 5.63. The number of hydrogen-bond donors (Lipinski definition) is 0. The Morgan fingerprint density at radius 3 is 2.60 bits per heavy atom. The van der Waals surface area contributed by atoms with Crippen LogP contribution in [0.1, 0.15) is 60.6 Å². The number of carbonyl (C=O) groups excluding carboxylic acids is 1. The van der Waals surface area contributed by atoms with Gasteiger partial charge in [0.1, 0.15) is 5.82 Å². The molecule has 0 aromatic carbocycles. The molecule has 5 heteroatoms. The SMILES string of the molecule is O=C(c1cnc(C2CC2)nc1)N1CCCN(CC2CC=CCC2)CC1. The van der Waals surface area contributed by atoms with Crippen LogP contribution in [0.15, 0.2) is 24.5 Å². The van der Waals surface area contributed by atoms with Crippen molar-refractivity contribution in [3.05, 3.63) is 35.9 Å². The molecule has 2 heterocycles. The first kappa shape index (κ1) is 16.7. The van der Waals surface area contributed by atoms with E-state index in [4.69, 9.17) is 0 Å². The third kappa shape index (κ3) is 4.27. The summed E-state index contributed by atoms with van der Waals surface area (Å²) in [5.74, 6) is 2.31. The van der Waals surface area contributed by atoms with Crippen LogP contribution in [0.25, 0.3) is 0 Å². The Morgan fingerprint density at radius 2 is 1.88 bits per heavy atom. The second-order valence-electron chi connectivity index (χ2n) is 7.70. The van der Waals surface area contributed by atoms with E-state index in [1.807, 2.05) is 4.90 Å². The fourth-order valence-electron chi connectivity index (χ4n) is 3.93. The van der Waals surface area contributed by atoms with E-state index in [0.717, 1.165) is 44.3 Å². The van der Waals surface area contributed by atoms with Crippen LogP contribution < -0.4 is 0 Å². The molecule has 5 nitrogen and oxygen atoms in total. The highest BCUT2D eigenvalue weighted by Gasteiger charge is 2.27. The topological polar surface area (TPSA) is 49.3 Å². The van der Waals surface area contributed by atoms with E-state index in [-0.39, 0.29) is 5.91 Å². The Morgan fingerprint density at radius 1 is 1.04 bits per heavy atom. The van der Waals surface area contributed by atoms with Crippen LogP contribution >= 0.6 is 0 Å². The Labute approximate surface area is 150 Å². The summed E-state index contributed by atoms with van der Waals surface area (Å²) in [6.07, 6.45) is 15.2. The molecule has 1 unspecified atom stereocenters. The standard InChI is InChI=1S/C20H28N4O/c25-20(18-13-21-19(22-14-18)17-7-8-17)24-10-4-9-23(11-12-24)15-16-5-2-1-3-6-16/h1-2,13-14,16-17H,3-12,15H2. The van der Waals surface area contributed by atoms with Crippen molar-refractivity contribution in [2.75, 3.05) is 32.7 Å². The fraction of sp³-hybridized carbons (Fsp3) is 0.650. The van der Waals surface area contributed by atoms with Gasteiger partial charge >= 0.3 is 0 Å². The maximum atomic E-state index is 12.8. The lowest BCUT2D eigenvalue weighted by atomic mass is 9.94. The molecule has 1 atom stereocenters. The minimum atomic E-state index is 0.0878. The van der Waals surface area contributed by atoms with E-state index in [1.165, 1.54) is 38.6 Å². The molecule has 2 fully saturated rings. The molecule has 134 valence electrons. The minimum absolute atomic E-state index is 0.0878. The number of allylic oxidation sites excluding steroid dienone is 2. The van der Waals surface area contributed by atoms with Gasteiger partial charge in [0.15, 0.2) is 0 Å². The lowest BCUT2D eigenvalue weighted by molar-refractivity contribution is 0.0759. The lowest BCUT2D eigenvalue weighted by Crippen LogP contribution is -2.36. The Hall–Kier alpha value is -1.75. The molecule has 1 aliphatic heterocycles. The quantitative estimate of drug-likeness (QED) is 0.791. The van der Waals surface area contributed by atoms with Crippen LogP contribution in [0.4, 0.5) is 0 Å². The van der Waals surface area contributed by atoms with Crippen LogP contribution in [-0.2, 0) is 0 Å². The van der Waals surface area contributed by atoms with Crippen LogP contribution in [0.5, 0.6) is 0 Å². The number of carbonyl (C=O) groups is 1. The number of aromatic nitrogens is 2. The summed E-state index contributed by atoms with van der Waals surface area (Å²) in [6.45, 7) is 4.90. The average Bonchev–Trinajstić information content (AvgIpc) is 3.50. The summed E-state index contributed by atoms with van der Waals surface area (Å²) in [5.41, 5.74) is 0.635. The summed E-state index contributed by atoms with van der Waals surface area (Å²) in [4.78, 5) is 26.1. The summed E-state index contributed by atoms with van der Waals surface area (Å²) in [5, 5.41) is 0. The van der Waals surface area contributed by atoms with Gasteiger partial charge in [-0.25, -0.2) is 9.97 Å². The van der Waals surface area contributed by atoms with Crippen molar-refractivity contribution in [3.8, 4) is 0 Å². The highest BCUT2D eigenvalue weighted by atomic mass is 16.2. The lowest BCUT2D eigenvalue weighted by Gasteiger charge is -2.27. The Bertz CT molecular complexity index is 623. The average molecular weight is 340 g/mol. The van der Waals surface area contributed by atoms with Crippen LogP contribution in [0.3, 0.4) is 0 Å². The summed E-state index contributed by atoms with van der Waals surface area (Å²) >= 11 is 0. The second kappa shape index (κ2) is 7.65. The van der Waals surface area contributed by atoms with E-state index < -0.39 is 0 Å². The maximum absolute atomic E-state index is 12.8. The van der Waals surface area contributed by atoms with Crippen LogP contribution in [0, 0.1) is 5.92 Å². The maximum Gasteiger partial charge on any atom is 0.257 e. The number of nitrogens with zero attached hydrogens (tertiary/aromatic N) is 4. The van der Waals surface area contributed by atoms with Gasteiger partial charge in [0.25, 0.3) is 5.91 Å². The molecule has 0 radical (unpaired) electrons. The third-order valence-electron chi connectivity index (χ3n) is 5.63. The first-order valence-electron chi connectivity index (χ1n) is 9.78. The van der Waals surface area contributed by atoms with Crippen molar-refractivity contribution >= 4 is 5.91 Å². The van der Waals surface area contributed by atoms with Crippen molar-refractivity contribution in [2.24, 2.45) is 5.92 Å². The van der Waals surface area contributed by atoms with Crippen LogP contribution in [-0.4, -0.2) is 58.4 Å². The first-order valence-corrected chi connectivity index (χ1v) is 9.78. The van der Waals surface area contributed by atoms with Crippen LogP contribution in [0.2, 0.25) is 0 Å². The normalized spacial score (nSPS) is 25.0. The van der Waals surface area contributed by atoms with Crippen molar-refractivity contribution in [1.82, 2.24) is 19.8 Å². The molecule has 3 aliphatic rings. The molecule has 0 N–H and O–H groups in total. The van der Waals surface area contributed by atoms with Crippen molar-refractivity contribution < 1.29 is 4.79 Å². The van der Waals surface area contributed by atoms with Gasteiger partial charge in [-0.05, 0) is 51.0 Å². The Kier molecular flexibility index (Phi) is 5.11. The van der Waals surface area contributed by atoms with E-state index in [9.17, 15) is 4.79 Å². The van der Waals surface area contributed by atoms with Crippen molar-refractivity contribution in [3.63, 3.8) is 0 Å². The smallest absolute Gasteiger partial charge is 0.257 e. The van der Waals surface area contributed by atoms with Gasteiger partial charge in [-0.3, -0.25) is 4.79 Å². The number of rotatable bonds is 4. The zero-order valence-corrected chi connectivity index (χ0v) is 14.9. The van der Waals surface area contributed by atoms with E-state index in [2.05, 4.69) is 27.0 Å². The van der Waals surface area contributed by atoms with Crippen molar-refractivity contribution in [2.45, 2.75) is 44.4 Å². The molecule has 2 aliphatic carbocycles. The second-order valence-corrected chi connectivity index (χ2v) is 7.70. The first-order chi connectivity index (χ1) is 12.3. The molecule has 1 aromatic rings. The van der Waals surface area contributed by atoms with Gasteiger partial charge in [0.05, 0.1) is 5.56 Å². The summed E-state index contributed by atoms with van der Waals surface area (Å²) < 4.78 is 0. The minimum Gasteiger partial charge on any atom is -0.337 e. The van der Waals surface area contributed by atoms with E-state index in [0.29, 0.717) is 11.5 Å². The molecule has 0 spiro atoms. The monoisotopic (exact) mass is 340 g/mol. The number of amides is 1. The Balaban J connectivity index is 1.31. The zero-order chi connectivity index (χ0) is 17.1.